The monoisotopic (exact) mass is 353 g/mol. The molecule has 0 atom stereocenters. The maximum Gasteiger partial charge on any atom is 0.267 e. The van der Waals surface area contributed by atoms with Crippen molar-refractivity contribution >= 4 is 27.7 Å². The highest BCUT2D eigenvalue weighted by Gasteiger charge is 2.29. The second kappa shape index (κ2) is 7.78. The van der Waals surface area contributed by atoms with Crippen LogP contribution in [0.4, 0.5) is 5.69 Å². The Morgan fingerprint density at radius 2 is 1.83 bits per heavy atom. The predicted molar refractivity (Wildman–Crippen MR) is 93.2 cm³/mol. The molecule has 1 saturated heterocycles. The van der Waals surface area contributed by atoms with E-state index in [0.29, 0.717) is 26.2 Å². The number of nitrogens with one attached hydrogen (secondary N) is 1. The van der Waals surface area contributed by atoms with E-state index in [1.54, 1.807) is 25.4 Å². The van der Waals surface area contributed by atoms with Crippen molar-refractivity contribution in [2.45, 2.75) is 19.1 Å². The maximum atomic E-state index is 12.2. The topological polar surface area (TPSA) is 90.0 Å². The number of hydrogen-bond acceptors (Lipinski definition) is 5. The molecule has 0 aliphatic carbocycles. The molecule has 1 aromatic carbocycles. The molecule has 0 aromatic heterocycles. The SMILES string of the molecule is CC(C)S(=O)(=O)N1CCN(c2ccccc2C=CC(=O)NO)CC1. The van der Waals surface area contributed by atoms with Crippen molar-refractivity contribution in [1.29, 1.82) is 0 Å². The minimum absolute atomic E-state index is 0.420. The van der Waals surface area contributed by atoms with Crippen LogP contribution >= 0.6 is 0 Å². The van der Waals surface area contributed by atoms with Crippen molar-refractivity contribution in [3.8, 4) is 0 Å². The fourth-order valence-corrected chi connectivity index (χ4v) is 3.87. The molecule has 0 spiro atoms. The Morgan fingerprint density at radius 3 is 2.42 bits per heavy atom. The van der Waals surface area contributed by atoms with Gasteiger partial charge in [0, 0.05) is 37.9 Å². The Hall–Kier alpha value is -1.90. The molecule has 1 aliphatic rings. The van der Waals surface area contributed by atoms with Gasteiger partial charge in [0.05, 0.1) is 5.25 Å². The van der Waals surface area contributed by atoms with Crippen LogP contribution in [-0.2, 0) is 14.8 Å². The van der Waals surface area contributed by atoms with Gasteiger partial charge in [-0.25, -0.2) is 13.9 Å². The molecule has 1 amide bonds. The summed E-state index contributed by atoms with van der Waals surface area (Å²) >= 11 is 0. The summed E-state index contributed by atoms with van der Waals surface area (Å²) in [5.41, 5.74) is 3.32. The summed E-state index contributed by atoms with van der Waals surface area (Å²) in [5.74, 6) is -0.599. The van der Waals surface area contributed by atoms with E-state index in [1.165, 1.54) is 10.4 Å². The van der Waals surface area contributed by atoms with Crippen LogP contribution in [0.1, 0.15) is 19.4 Å². The van der Waals surface area contributed by atoms with Crippen molar-refractivity contribution in [3.63, 3.8) is 0 Å². The number of rotatable bonds is 5. The number of amides is 1. The molecule has 2 N–H and O–H groups in total. The molecule has 0 saturated carbocycles. The molecule has 0 radical (unpaired) electrons. The molecule has 132 valence electrons. The Balaban J connectivity index is 2.12. The lowest BCUT2D eigenvalue weighted by molar-refractivity contribution is -0.124. The summed E-state index contributed by atoms with van der Waals surface area (Å²) in [7, 11) is -3.23. The van der Waals surface area contributed by atoms with Gasteiger partial charge in [0.1, 0.15) is 0 Å². The van der Waals surface area contributed by atoms with E-state index in [-0.39, 0.29) is 0 Å². The molecule has 2 rings (SSSR count). The van der Waals surface area contributed by atoms with Gasteiger partial charge in [-0.05, 0) is 31.6 Å². The average Bonchev–Trinajstić information content (AvgIpc) is 2.59. The van der Waals surface area contributed by atoms with Crippen LogP contribution in [0, 0.1) is 0 Å². The van der Waals surface area contributed by atoms with Crippen LogP contribution in [0.5, 0.6) is 0 Å². The Labute approximate surface area is 142 Å². The lowest BCUT2D eigenvalue weighted by atomic mass is 10.1. The molecule has 1 fully saturated rings. The van der Waals surface area contributed by atoms with Gasteiger partial charge < -0.3 is 4.90 Å². The molecule has 1 aromatic rings. The normalized spacial score (nSPS) is 16.8. The van der Waals surface area contributed by atoms with Crippen LogP contribution in [0.3, 0.4) is 0 Å². The minimum atomic E-state index is -3.23. The number of carbonyl (C=O) groups is 1. The van der Waals surface area contributed by atoms with Crippen LogP contribution in [0.2, 0.25) is 0 Å². The molecular formula is C16H23N3O4S. The molecular weight excluding hydrogens is 330 g/mol. The summed E-state index contributed by atoms with van der Waals surface area (Å²) in [6.07, 6.45) is 2.87. The fourth-order valence-electron chi connectivity index (χ4n) is 2.60. The van der Waals surface area contributed by atoms with Crippen molar-refractivity contribution in [1.82, 2.24) is 9.79 Å². The van der Waals surface area contributed by atoms with Gasteiger partial charge in [-0.1, -0.05) is 18.2 Å². The fraction of sp³-hybridized carbons (Fsp3) is 0.438. The molecule has 24 heavy (non-hydrogen) atoms. The molecule has 1 aliphatic heterocycles. The van der Waals surface area contributed by atoms with Gasteiger partial charge in [-0.2, -0.15) is 4.31 Å². The Kier molecular flexibility index (Phi) is 5.98. The zero-order valence-corrected chi connectivity index (χ0v) is 14.7. The number of carbonyl (C=O) groups excluding carboxylic acids is 1. The van der Waals surface area contributed by atoms with E-state index in [2.05, 4.69) is 4.90 Å². The van der Waals surface area contributed by atoms with Crippen LogP contribution in [0.25, 0.3) is 6.08 Å². The first kappa shape index (κ1) is 18.4. The highest BCUT2D eigenvalue weighted by molar-refractivity contribution is 7.89. The lowest BCUT2D eigenvalue weighted by Gasteiger charge is -2.36. The smallest absolute Gasteiger partial charge is 0.267 e. The lowest BCUT2D eigenvalue weighted by Crippen LogP contribution is -2.50. The molecule has 0 bridgehead atoms. The Bertz CT molecular complexity index is 708. The highest BCUT2D eigenvalue weighted by atomic mass is 32.2. The zero-order chi connectivity index (χ0) is 17.7. The van der Waals surface area contributed by atoms with Crippen molar-refractivity contribution in [2.24, 2.45) is 0 Å². The average molecular weight is 353 g/mol. The quantitative estimate of drug-likeness (QED) is 0.469. The van der Waals surface area contributed by atoms with Crippen molar-refractivity contribution in [3.05, 3.63) is 35.9 Å². The van der Waals surface area contributed by atoms with Gasteiger partial charge in [-0.15, -0.1) is 0 Å². The minimum Gasteiger partial charge on any atom is -0.368 e. The van der Waals surface area contributed by atoms with Gasteiger partial charge in [0.15, 0.2) is 0 Å². The van der Waals surface area contributed by atoms with E-state index in [0.717, 1.165) is 11.3 Å². The van der Waals surface area contributed by atoms with Gasteiger partial charge in [0.25, 0.3) is 5.91 Å². The first-order valence-corrected chi connectivity index (χ1v) is 9.31. The van der Waals surface area contributed by atoms with E-state index in [1.807, 2.05) is 24.3 Å². The van der Waals surface area contributed by atoms with E-state index >= 15 is 0 Å². The first-order chi connectivity index (χ1) is 11.4. The number of hydrogen-bond donors (Lipinski definition) is 2. The first-order valence-electron chi connectivity index (χ1n) is 7.81. The van der Waals surface area contributed by atoms with Gasteiger partial charge in [0.2, 0.25) is 10.0 Å². The Morgan fingerprint density at radius 1 is 1.21 bits per heavy atom. The zero-order valence-electron chi connectivity index (χ0n) is 13.8. The van der Waals surface area contributed by atoms with E-state index < -0.39 is 21.2 Å². The van der Waals surface area contributed by atoms with E-state index in [9.17, 15) is 13.2 Å². The van der Waals surface area contributed by atoms with Crippen molar-refractivity contribution < 1.29 is 18.4 Å². The van der Waals surface area contributed by atoms with Crippen LogP contribution in [0.15, 0.2) is 30.3 Å². The third kappa shape index (κ3) is 4.14. The summed E-state index contributed by atoms with van der Waals surface area (Å²) < 4.78 is 26.0. The number of benzene rings is 1. The molecule has 7 nitrogen and oxygen atoms in total. The summed E-state index contributed by atoms with van der Waals surface area (Å²) in [6, 6.07) is 7.56. The molecule has 0 unspecified atom stereocenters. The number of hydroxylamine groups is 1. The maximum absolute atomic E-state index is 12.2. The highest BCUT2D eigenvalue weighted by Crippen LogP contribution is 2.24. The number of anilines is 1. The largest absolute Gasteiger partial charge is 0.368 e. The molecule has 1 heterocycles. The van der Waals surface area contributed by atoms with Crippen molar-refractivity contribution in [2.75, 3.05) is 31.1 Å². The van der Waals surface area contributed by atoms with Gasteiger partial charge >= 0.3 is 0 Å². The van der Waals surface area contributed by atoms with Crippen LogP contribution in [-0.4, -0.2) is 55.3 Å². The van der Waals surface area contributed by atoms with Crippen LogP contribution < -0.4 is 10.4 Å². The number of nitrogens with zero attached hydrogens (tertiary/aromatic N) is 2. The number of para-hydroxylation sites is 1. The standard InChI is InChI=1S/C16H23N3O4S/c1-13(2)24(22,23)19-11-9-18(10-12-19)15-6-4-3-5-14(15)7-8-16(20)17-21/h3-8,13,21H,9-12H2,1-2H3,(H,17,20). The second-order valence-corrected chi connectivity index (χ2v) is 8.34. The number of sulfonamides is 1. The third-order valence-electron chi connectivity index (χ3n) is 4.00. The molecule has 8 heteroatoms. The number of piperazine rings is 1. The second-order valence-electron chi connectivity index (χ2n) is 5.85. The summed E-state index contributed by atoms with van der Waals surface area (Å²) in [5, 5.41) is 8.14. The summed E-state index contributed by atoms with van der Waals surface area (Å²) in [4.78, 5) is 13.3. The van der Waals surface area contributed by atoms with E-state index in [4.69, 9.17) is 5.21 Å². The predicted octanol–water partition coefficient (Wildman–Crippen LogP) is 1.07. The third-order valence-corrected chi connectivity index (χ3v) is 6.27. The summed E-state index contributed by atoms with van der Waals surface area (Å²) in [6.45, 7) is 5.43. The van der Waals surface area contributed by atoms with Gasteiger partial charge in [-0.3, -0.25) is 10.0 Å².